The topological polar surface area (TPSA) is 44.3 Å². The first kappa shape index (κ1) is 16.6. The van der Waals surface area contributed by atoms with Gasteiger partial charge >= 0.3 is 0 Å². The molecule has 1 unspecified atom stereocenters. The van der Waals surface area contributed by atoms with Gasteiger partial charge in [0.2, 0.25) is 0 Å². The van der Waals surface area contributed by atoms with Gasteiger partial charge in [-0.3, -0.25) is 4.90 Å². The normalized spacial score (nSPS) is 21.5. The largest absolute Gasteiger partial charge is 0.368 e. The van der Waals surface area contributed by atoms with Gasteiger partial charge in [0.05, 0.1) is 0 Å². The molecule has 118 valence electrons. The summed E-state index contributed by atoms with van der Waals surface area (Å²) in [4.78, 5) is 13.9. The van der Waals surface area contributed by atoms with E-state index in [-0.39, 0.29) is 5.41 Å². The second kappa shape index (κ2) is 6.58. The molecule has 21 heavy (non-hydrogen) atoms. The van der Waals surface area contributed by atoms with Crippen molar-refractivity contribution in [1.82, 2.24) is 19.8 Å². The van der Waals surface area contributed by atoms with Gasteiger partial charge in [0.15, 0.2) is 0 Å². The Balaban J connectivity index is 2.04. The minimum absolute atomic E-state index is 0.0535. The van der Waals surface area contributed by atoms with Crippen LogP contribution in [0.1, 0.15) is 26.6 Å². The number of nitrogens with zero attached hydrogens (tertiary/aromatic N) is 4. The zero-order chi connectivity index (χ0) is 15.6. The standard InChI is InChI=1S/C15H26BrN5/c1-15(2,3)14-18-12(16)8-13(19-14)17-9-11-10-20(4)6-7-21(11)5/h8,11H,6-7,9-10H2,1-5H3,(H,17,18,19). The summed E-state index contributed by atoms with van der Waals surface area (Å²) in [6.07, 6.45) is 0. The van der Waals surface area contributed by atoms with Crippen LogP contribution in [-0.4, -0.2) is 66.1 Å². The molecule has 0 aliphatic carbocycles. The highest BCUT2D eigenvalue weighted by atomic mass is 79.9. The van der Waals surface area contributed by atoms with Crippen LogP contribution in [0.15, 0.2) is 10.7 Å². The smallest absolute Gasteiger partial charge is 0.137 e. The van der Waals surface area contributed by atoms with Crippen LogP contribution < -0.4 is 5.32 Å². The molecule has 1 atom stereocenters. The average molecular weight is 356 g/mol. The molecule has 1 N–H and O–H groups in total. The molecule has 1 aliphatic heterocycles. The molecular formula is C15H26BrN5. The van der Waals surface area contributed by atoms with Gasteiger partial charge < -0.3 is 10.2 Å². The summed E-state index contributed by atoms with van der Waals surface area (Å²) in [5.41, 5.74) is -0.0535. The van der Waals surface area contributed by atoms with Crippen LogP contribution in [0.3, 0.4) is 0 Å². The minimum Gasteiger partial charge on any atom is -0.368 e. The number of nitrogens with one attached hydrogen (secondary N) is 1. The van der Waals surface area contributed by atoms with E-state index in [1.165, 1.54) is 0 Å². The van der Waals surface area contributed by atoms with E-state index in [1.54, 1.807) is 0 Å². The lowest BCUT2D eigenvalue weighted by atomic mass is 9.96. The third-order valence-corrected chi connectivity index (χ3v) is 4.27. The molecule has 0 spiro atoms. The van der Waals surface area contributed by atoms with E-state index in [0.717, 1.165) is 42.4 Å². The summed E-state index contributed by atoms with van der Waals surface area (Å²) in [6.45, 7) is 10.6. The highest BCUT2D eigenvalue weighted by Crippen LogP contribution is 2.22. The first-order chi connectivity index (χ1) is 9.75. The molecule has 2 heterocycles. The predicted octanol–water partition coefficient (Wildman–Crippen LogP) is 2.19. The van der Waals surface area contributed by atoms with Crippen LogP contribution in [0.2, 0.25) is 0 Å². The molecule has 0 amide bonds. The Bertz CT molecular complexity index is 485. The van der Waals surface area contributed by atoms with Gasteiger partial charge in [-0.1, -0.05) is 20.8 Å². The van der Waals surface area contributed by atoms with Crippen molar-refractivity contribution < 1.29 is 0 Å². The maximum atomic E-state index is 4.65. The first-order valence-electron chi connectivity index (χ1n) is 7.43. The molecule has 6 heteroatoms. The third-order valence-electron chi connectivity index (χ3n) is 3.86. The van der Waals surface area contributed by atoms with Crippen molar-refractivity contribution in [2.45, 2.75) is 32.2 Å². The fraction of sp³-hybridized carbons (Fsp3) is 0.733. The average Bonchev–Trinajstić information content (AvgIpc) is 2.38. The number of anilines is 1. The molecule has 0 radical (unpaired) electrons. The van der Waals surface area contributed by atoms with E-state index in [1.807, 2.05) is 6.07 Å². The predicted molar refractivity (Wildman–Crippen MR) is 90.8 cm³/mol. The Morgan fingerprint density at radius 2 is 2.00 bits per heavy atom. The van der Waals surface area contributed by atoms with E-state index >= 15 is 0 Å². The van der Waals surface area contributed by atoms with Crippen LogP contribution >= 0.6 is 15.9 Å². The summed E-state index contributed by atoms with van der Waals surface area (Å²) < 4.78 is 0.832. The van der Waals surface area contributed by atoms with Crippen molar-refractivity contribution in [2.24, 2.45) is 0 Å². The number of hydrogen-bond acceptors (Lipinski definition) is 5. The van der Waals surface area contributed by atoms with Crippen LogP contribution in [0.25, 0.3) is 0 Å². The third kappa shape index (κ3) is 4.63. The quantitative estimate of drug-likeness (QED) is 0.842. The van der Waals surface area contributed by atoms with Crippen molar-refractivity contribution >= 4 is 21.7 Å². The molecule has 0 bridgehead atoms. The van der Waals surface area contributed by atoms with E-state index in [0.29, 0.717) is 6.04 Å². The summed E-state index contributed by atoms with van der Waals surface area (Å²) in [5, 5.41) is 3.47. The molecule has 2 rings (SSSR count). The van der Waals surface area contributed by atoms with Gasteiger partial charge in [-0.25, -0.2) is 9.97 Å². The summed E-state index contributed by atoms with van der Waals surface area (Å²) in [7, 11) is 4.37. The molecule has 0 saturated carbocycles. The number of rotatable bonds is 3. The molecule has 1 fully saturated rings. The van der Waals surface area contributed by atoms with Gasteiger partial charge in [0.1, 0.15) is 16.2 Å². The van der Waals surface area contributed by atoms with E-state index < -0.39 is 0 Å². The van der Waals surface area contributed by atoms with Crippen LogP contribution in [0.4, 0.5) is 5.82 Å². The van der Waals surface area contributed by atoms with Gasteiger partial charge in [-0.2, -0.15) is 0 Å². The lowest BCUT2D eigenvalue weighted by molar-refractivity contribution is 0.122. The Labute approximate surface area is 136 Å². The first-order valence-corrected chi connectivity index (χ1v) is 8.23. The Morgan fingerprint density at radius 3 is 2.67 bits per heavy atom. The molecular weight excluding hydrogens is 330 g/mol. The maximum absolute atomic E-state index is 4.65. The highest BCUT2D eigenvalue weighted by molar-refractivity contribution is 9.10. The zero-order valence-corrected chi connectivity index (χ0v) is 15.2. The maximum Gasteiger partial charge on any atom is 0.137 e. The SMILES string of the molecule is CN1CCN(C)C(CNc2cc(Br)nc(C(C)(C)C)n2)C1. The van der Waals surface area contributed by atoms with Crippen LogP contribution in [-0.2, 0) is 5.41 Å². The molecule has 5 nitrogen and oxygen atoms in total. The van der Waals surface area contributed by atoms with Crippen molar-refractivity contribution in [3.8, 4) is 0 Å². The summed E-state index contributed by atoms with van der Waals surface area (Å²) in [6, 6.07) is 2.46. The fourth-order valence-corrected chi connectivity index (χ4v) is 2.77. The van der Waals surface area contributed by atoms with Crippen molar-refractivity contribution in [3.63, 3.8) is 0 Å². The number of likely N-dealkylation sites (N-methyl/N-ethyl adjacent to an activating group) is 2. The van der Waals surface area contributed by atoms with E-state index in [2.05, 4.69) is 75.9 Å². The summed E-state index contributed by atoms with van der Waals surface area (Å²) >= 11 is 3.48. The van der Waals surface area contributed by atoms with Gasteiger partial charge in [0.25, 0.3) is 0 Å². The number of aromatic nitrogens is 2. The Morgan fingerprint density at radius 1 is 1.29 bits per heavy atom. The second-order valence-electron chi connectivity index (χ2n) is 6.93. The Kier molecular flexibility index (Phi) is 5.22. The molecule has 1 saturated heterocycles. The van der Waals surface area contributed by atoms with Crippen LogP contribution in [0, 0.1) is 0 Å². The molecule has 1 aromatic rings. The second-order valence-corrected chi connectivity index (χ2v) is 7.74. The lowest BCUT2D eigenvalue weighted by Crippen LogP contribution is -2.52. The number of hydrogen-bond donors (Lipinski definition) is 1. The van der Waals surface area contributed by atoms with Gasteiger partial charge in [-0.15, -0.1) is 0 Å². The van der Waals surface area contributed by atoms with Crippen molar-refractivity contribution in [1.29, 1.82) is 0 Å². The number of halogens is 1. The van der Waals surface area contributed by atoms with E-state index in [9.17, 15) is 0 Å². The monoisotopic (exact) mass is 355 g/mol. The molecule has 1 aliphatic rings. The van der Waals surface area contributed by atoms with Crippen LogP contribution in [0.5, 0.6) is 0 Å². The van der Waals surface area contributed by atoms with Gasteiger partial charge in [-0.05, 0) is 30.0 Å². The highest BCUT2D eigenvalue weighted by Gasteiger charge is 2.23. The van der Waals surface area contributed by atoms with E-state index in [4.69, 9.17) is 0 Å². The lowest BCUT2D eigenvalue weighted by Gasteiger charge is -2.37. The molecule has 1 aromatic heterocycles. The zero-order valence-electron chi connectivity index (χ0n) is 13.6. The Hall–Kier alpha value is -0.720. The number of piperazine rings is 1. The fourth-order valence-electron chi connectivity index (χ4n) is 2.39. The van der Waals surface area contributed by atoms with Gasteiger partial charge in [0, 0.05) is 43.7 Å². The van der Waals surface area contributed by atoms with Crippen molar-refractivity contribution in [3.05, 3.63) is 16.5 Å². The summed E-state index contributed by atoms with van der Waals surface area (Å²) in [5.74, 6) is 1.75. The molecule has 0 aromatic carbocycles. The van der Waals surface area contributed by atoms with Crippen molar-refractivity contribution in [2.75, 3.05) is 45.6 Å². The minimum atomic E-state index is -0.0535.